The van der Waals surface area contributed by atoms with Gasteiger partial charge in [0.15, 0.2) is 0 Å². The van der Waals surface area contributed by atoms with Gasteiger partial charge in [-0.2, -0.15) is 0 Å². The monoisotopic (exact) mass is 338 g/mol. The zero-order valence-electron chi connectivity index (χ0n) is 14.2. The number of nitrogens with one attached hydrogen (secondary N) is 1. The van der Waals surface area contributed by atoms with E-state index in [-0.39, 0.29) is 17.9 Å². The van der Waals surface area contributed by atoms with Crippen molar-refractivity contribution < 1.29 is 9.18 Å². The molecule has 2 aliphatic carbocycles. The smallest absolute Gasteiger partial charge is 0.318 e. The first-order valence-corrected chi connectivity index (χ1v) is 9.07. The average Bonchev–Trinajstić information content (AvgIpc) is 3.53. The molecule has 0 radical (unpaired) electrons. The number of benzene rings is 2. The summed E-state index contributed by atoms with van der Waals surface area (Å²) in [6, 6.07) is 17.0. The number of amides is 2. The van der Waals surface area contributed by atoms with Gasteiger partial charge in [0.2, 0.25) is 0 Å². The van der Waals surface area contributed by atoms with E-state index in [9.17, 15) is 9.18 Å². The Morgan fingerprint density at radius 1 is 1.04 bits per heavy atom. The zero-order chi connectivity index (χ0) is 17.2. The van der Waals surface area contributed by atoms with E-state index >= 15 is 0 Å². The van der Waals surface area contributed by atoms with Crippen LogP contribution in [0.5, 0.6) is 0 Å². The highest BCUT2D eigenvalue weighted by atomic mass is 19.1. The van der Waals surface area contributed by atoms with Crippen molar-refractivity contribution in [2.24, 2.45) is 5.92 Å². The molecule has 0 spiro atoms. The van der Waals surface area contributed by atoms with Crippen molar-refractivity contribution in [3.63, 3.8) is 0 Å². The molecule has 0 bridgehead atoms. The van der Waals surface area contributed by atoms with Crippen LogP contribution in [0.25, 0.3) is 0 Å². The van der Waals surface area contributed by atoms with Gasteiger partial charge >= 0.3 is 6.03 Å². The van der Waals surface area contributed by atoms with Crippen LogP contribution in [-0.4, -0.2) is 17.0 Å². The number of hydrogen-bond acceptors (Lipinski definition) is 1. The SMILES string of the molecule is O=C(N[C@@H](c1ccccc1)C1CC1)N(Cc1ccc(F)cc1)C1CC1. The van der Waals surface area contributed by atoms with E-state index < -0.39 is 0 Å². The summed E-state index contributed by atoms with van der Waals surface area (Å²) in [5.74, 6) is 0.294. The first-order valence-electron chi connectivity index (χ1n) is 9.07. The Morgan fingerprint density at radius 2 is 1.72 bits per heavy atom. The fourth-order valence-corrected chi connectivity index (χ4v) is 3.32. The minimum absolute atomic E-state index is 0.00687. The fourth-order valence-electron chi connectivity index (χ4n) is 3.32. The lowest BCUT2D eigenvalue weighted by Gasteiger charge is -2.27. The Balaban J connectivity index is 1.47. The van der Waals surface area contributed by atoms with Crippen molar-refractivity contribution in [2.45, 2.75) is 44.3 Å². The molecule has 4 rings (SSSR count). The number of nitrogens with zero attached hydrogens (tertiary/aromatic N) is 1. The van der Waals surface area contributed by atoms with Crippen LogP contribution in [0.2, 0.25) is 0 Å². The van der Waals surface area contributed by atoms with Crippen molar-refractivity contribution in [1.29, 1.82) is 0 Å². The number of halogens is 1. The molecule has 3 nitrogen and oxygen atoms in total. The highest BCUT2D eigenvalue weighted by Gasteiger charge is 2.37. The molecule has 0 aromatic heterocycles. The summed E-state index contributed by atoms with van der Waals surface area (Å²) in [7, 11) is 0. The predicted molar refractivity (Wildman–Crippen MR) is 95.4 cm³/mol. The van der Waals surface area contributed by atoms with E-state index in [1.807, 2.05) is 23.1 Å². The van der Waals surface area contributed by atoms with Crippen molar-refractivity contribution in [3.05, 3.63) is 71.5 Å². The lowest BCUT2D eigenvalue weighted by molar-refractivity contribution is 0.186. The third-order valence-corrected chi connectivity index (χ3v) is 5.05. The van der Waals surface area contributed by atoms with Gasteiger partial charge in [-0.3, -0.25) is 0 Å². The van der Waals surface area contributed by atoms with Crippen LogP contribution in [0.4, 0.5) is 9.18 Å². The van der Waals surface area contributed by atoms with E-state index in [0.717, 1.165) is 18.4 Å². The van der Waals surface area contributed by atoms with Crippen molar-refractivity contribution in [2.75, 3.05) is 0 Å². The minimum Gasteiger partial charge on any atom is -0.331 e. The first-order chi connectivity index (χ1) is 12.2. The van der Waals surface area contributed by atoms with Crippen LogP contribution < -0.4 is 5.32 Å². The molecule has 2 saturated carbocycles. The summed E-state index contributed by atoms with van der Waals surface area (Å²) >= 11 is 0. The van der Waals surface area contributed by atoms with Gasteiger partial charge in [-0.05, 0) is 54.9 Å². The van der Waals surface area contributed by atoms with Gasteiger partial charge in [-0.1, -0.05) is 42.5 Å². The van der Waals surface area contributed by atoms with Gasteiger partial charge in [0, 0.05) is 12.6 Å². The van der Waals surface area contributed by atoms with E-state index in [2.05, 4.69) is 17.4 Å². The highest BCUT2D eigenvalue weighted by Crippen LogP contribution is 2.41. The molecule has 2 aliphatic rings. The number of hydrogen-bond donors (Lipinski definition) is 1. The number of carbonyl (C=O) groups is 1. The summed E-state index contributed by atoms with van der Waals surface area (Å²) in [5, 5.41) is 3.26. The highest BCUT2D eigenvalue weighted by molar-refractivity contribution is 5.75. The van der Waals surface area contributed by atoms with Crippen LogP contribution in [-0.2, 0) is 6.54 Å². The summed E-state index contributed by atoms with van der Waals surface area (Å²) in [6.07, 6.45) is 4.44. The van der Waals surface area contributed by atoms with Gasteiger partial charge in [-0.25, -0.2) is 9.18 Å². The van der Waals surface area contributed by atoms with Crippen molar-refractivity contribution >= 4 is 6.03 Å². The third kappa shape index (κ3) is 4.01. The first kappa shape index (κ1) is 16.1. The molecule has 4 heteroatoms. The molecule has 0 saturated heterocycles. The van der Waals surface area contributed by atoms with Crippen LogP contribution in [0.1, 0.15) is 42.9 Å². The molecule has 0 aliphatic heterocycles. The molecule has 1 atom stereocenters. The predicted octanol–water partition coefficient (Wildman–Crippen LogP) is 4.65. The van der Waals surface area contributed by atoms with Crippen LogP contribution in [0.15, 0.2) is 54.6 Å². The number of carbonyl (C=O) groups excluding carboxylic acids is 1. The van der Waals surface area contributed by atoms with Gasteiger partial charge < -0.3 is 10.2 Å². The minimum atomic E-state index is -0.246. The van der Waals surface area contributed by atoms with Crippen molar-refractivity contribution in [1.82, 2.24) is 10.2 Å². The van der Waals surface area contributed by atoms with Gasteiger partial charge in [0.1, 0.15) is 5.82 Å². The molecule has 25 heavy (non-hydrogen) atoms. The summed E-state index contributed by atoms with van der Waals surface area (Å²) in [6.45, 7) is 0.531. The fraction of sp³-hybridized carbons (Fsp3) is 0.381. The molecule has 130 valence electrons. The number of rotatable bonds is 6. The summed E-state index contributed by atoms with van der Waals surface area (Å²) in [4.78, 5) is 14.9. The molecular formula is C21H23FN2O. The Kier molecular flexibility index (Phi) is 4.43. The molecular weight excluding hydrogens is 315 g/mol. The molecule has 2 aromatic rings. The van der Waals surface area contributed by atoms with Crippen LogP contribution in [0, 0.1) is 11.7 Å². The van der Waals surface area contributed by atoms with Crippen LogP contribution in [0.3, 0.4) is 0 Å². The topological polar surface area (TPSA) is 32.3 Å². The largest absolute Gasteiger partial charge is 0.331 e. The second-order valence-corrected chi connectivity index (χ2v) is 7.16. The number of urea groups is 1. The molecule has 2 fully saturated rings. The maximum atomic E-state index is 13.1. The second kappa shape index (κ2) is 6.87. The van der Waals surface area contributed by atoms with Gasteiger partial charge in [0.25, 0.3) is 0 Å². The molecule has 1 N–H and O–H groups in total. The molecule has 0 unspecified atom stereocenters. The lowest BCUT2D eigenvalue weighted by atomic mass is 10.0. The molecule has 2 aromatic carbocycles. The summed E-state index contributed by atoms with van der Waals surface area (Å²) < 4.78 is 13.1. The third-order valence-electron chi connectivity index (χ3n) is 5.05. The van der Waals surface area contributed by atoms with Gasteiger partial charge in [-0.15, -0.1) is 0 Å². The normalized spacial score (nSPS) is 17.8. The zero-order valence-corrected chi connectivity index (χ0v) is 14.2. The second-order valence-electron chi connectivity index (χ2n) is 7.16. The van der Waals surface area contributed by atoms with Crippen molar-refractivity contribution in [3.8, 4) is 0 Å². The standard InChI is InChI=1S/C21H23FN2O/c22-18-10-6-15(7-11-18)14-24(19-12-13-19)21(25)23-20(17-8-9-17)16-4-2-1-3-5-16/h1-7,10-11,17,19-20H,8-9,12-14H2,(H,23,25)/t20-/m0/s1. The Hall–Kier alpha value is -2.36. The Bertz CT molecular complexity index is 723. The Labute approximate surface area is 147 Å². The van der Waals surface area contributed by atoms with E-state index in [1.165, 1.54) is 30.5 Å². The Morgan fingerprint density at radius 3 is 2.32 bits per heavy atom. The maximum absolute atomic E-state index is 13.1. The lowest BCUT2D eigenvalue weighted by Crippen LogP contribution is -2.43. The summed E-state index contributed by atoms with van der Waals surface area (Å²) in [5.41, 5.74) is 2.14. The van der Waals surface area contributed by atoms with E-state index in [1.54, 1.807) is 12.1 Å². The average molecular weight is 338 g/mol. The molecule has 0 heterocycles. The van der Waals surface area contributed by atoms with E-state index in [0.29, 0.717) is 18.5 Å². The van der Waals surface area contributed by atoms with E-state index in [4.69, 9.17) is 0 Å². The quantitative estimate of drug-likeness (QED) is 0.817. The molecule has 2 amide bonds. The van der Waals surface area contributed by atoms with Crippen LogP contribution >= 0.6 is 0 Å². The maximum Gasteiger partial charge on any atom is 0.318 e. The van der Waals surface area contributed by atoms with Gasteiger partial charge in [0.05, 0.1) is 6.04 Å².